The molecule has 3 aromatic rings. The Labute approximate surface area is 133 Å². The van der Waals surface area contributed by atoms with Crippen LogP contribution in [0.4, 0.5) is 0 Å². The largest absolute Gasteiger partial charge is 0.507 e. The number of nitrogens with one attached hydrogen (secondary N) is 2. The van der Waals surface area contributed by atoms with Crippen LogP contribution in [0.5, 0.6) is 5.75 Å². The van der Waals surface area contributed by atoms with Crippen LogP contribution >= 0.6 is 0 Å². The van der Waals surface area contributed by atoms with Crippen molar-refractivity contribution < 1.29 is 9.90 Å². The number of benzene rings is 2. The fourth-order valence-corrected chi connectivity index (χ4v) is 2.23. The second-order valence-electron chi connectivity index (χ2n) is 5.01. The van der Waals surface area contributed by atoms with Gasteiger partial charge in [-0.05, 0) is 35.0 Å². The molecule has 0 radical (unpaired) electrons. The number of hydrazine groups is 1. The summed E-state index contributed by atoms with van der Waals surface area (Å²) in [6.07, 6.45) is 3.28. The Morgan fingerprint density at radius 1 is 1.00 bits per heavy atom. The topological polar surface area (TPSA) is 74.2 Å². The quantitative estimate of drug-likeness (QED) is 0.648. The predicted octanol–water partition coefficient (Wildman–Crippen LogP) is 2.85. The smallest absolute Gasteiger partial charge is 0.273 e. The predicted molar refractivity (Wildman–Crippen MR) is 89.5 cm³/mol. The van der Waals surface area contributed by atoms with Gasteiger partial charge in [0.2, 0.25) is 0 Å². The van der Waals surface area contributed by atoms with Crippen molar-refractivity contribution in [2.24, 2.45) is 0 Å². The van der Waals surface area contributed by atoms with E-state index in [2.05, 4.69) is 22.4 Å². The Hall–Kier alpha value is -3.34. The number of nitrogens with zero attached hydrogens (tertiary/aromatic N) is 1. The molecule has 114 valence electrons. The lowest BCUT2D eigenvalue weighted by Crippen LogP contribution is -2.35. The van der Waals surface area contributed by atoms with Crippen LogP contribution in [0.25, 0.3) is 16.5 Å². The van der Waals surface area contributed by atoms with Crippen molar-refractivity contribution in [3.8, 4) is 5.75 Å². The molecule has 0 unspecified atom stereocenters. The van der Waals surface area contributed by atoms with Gasteiger partial charge in [-0.15, -0.1) is 0 Å². The summed E-state index contributed by atoms with van der Waals surface area (Å²) in [5.74, 6) is -0.513. The highest BCUT2D eigenvalue weighted by Crippen LogP contribution is 2.24. The molecule has 2 aromatic carbocycles. The molecule has 3 N–H and O–H groups in total. The van der Waals surface area contributed by atoms with E-state index in [1.165, 1.54) is 0 Å². The molecule has 3 rings (SSSR count). The van der Waals surface area contributed by atoms with E-state index < -0.39 is 5.91 Å². The highest BCUT2D eigenvalue weighted by Gasteiger charge is 2.12. The average molecular weight is 305 g/mol. The maximum Gasteiger partial charge on any atom is 0.273 e. The van der Waals surface area contributed by atoms with Crippen LogP contribution < -0.4 is 10.9 Å². The molecule has 0 aliphatic heterocycles. The summed E-state index contributed by atoms with van der Waals surface area (Å²) < 4.78 is 0. The van der Waals surface area contributed by atoms with Gasteiger partial charge < -0.3 is 5.11 Å². The lowest BCUT2D eigenvalue weighted by atomic mass is 10.1. The molecule has 0 aliphatic carbocycles. The average Bonchev–Trinajstić information content (AvgIpc) is 2.59. The van der Waals surface area contributed by atoms with Gasteiger partial charge in [0, 0.05) is 18.0 Å². The first-order valence-electron chi connectivity index (χ1n) is 7.02. The Bertz CT molecular complexity index is 876. The minimum absolute atomic E-state index is 0.0717. The number of hydrogen-bond acceptors (Lipinski definition) is 4. The number of aromatic nitrogens is 1. The molecule has 0 saturated carbocycles. The van der Waals surface area contributed by atoms with Crippen molar-refractivity contribution in [2.75, 3.05) is 0 Å². The summed E-state index contributed by atoms with van der Waals surface area (Å²) in [5, 5.41) is 11.8. The van der Waals surface area contributed by atoms with Gasteiger partial charge in [0.15, 0.2) is 0 Å². The SMILES string of the molecule is C=C(NNC(=O)c1cc2ccccc2cc1O)c1ccncc1. The number of carbonyl (C=O) groups is 1. The molecule has 0 fully saturated rings. The van der Waals surface area contributed by atoms with E-state index in [1.54, 1.807) is 36.7 Å². The zero-order valence-electron chi connectivity index (χ0n) is 12.3. The first-order valence-corrected chi connectivity index (χ1v) is 7.02. The third kappa shape index (κ3) is 3.13. The van der Waals surface area contributed by atoms with E-state index in [1.807, 2.05) is 24.3 Å². The van der Waals surface area contributed by atoms with Gasteiger partial charge in [-0.3, -0.25) is 20.6 Å². The fraction of sp³-hybridized carbons (Fsp3) is 0. The Morgan fingerprint density at radius 2 is 1.65 bits per heavy atom. The molecular formula is C18H15N3O2. The number of hydrogen-bond donors (Lipinski definition) is 3. The first-order chi connectivity index (χ1) is 11.1. The molecule has 1 heterocycles. The number of amides is 1. The van der Waals surface area contributed by atoms with Crippen LogP contribution in [0.3, 0.4) is 0 Å². The fourth-order valence-electron chi connectivity index (χ4n) is 2.23. The summed E-state index contributed by atoms with van der Waals surface area (Å²) in [4.78, 5) is 16.2. The summed E-state index contributed by atoms with van der Waals surface area (Å²) in [6.45, 7) is 3.85. The highest BCUT2D eigenvalue weighted by molar-refractivity contribution is 6.01. The van der Waals surface area contributed by atoms with E-state index >= 15 is 0 Å². The van der Waals surface area contributed by atoms with Gasteiger partial charge >= 0.3 is 0 Å². The van der Waals surface area contributed by atoms with Gasteiger partial charge in [0.1, 0.15) is 5.75 Å². The van der Waals surface area contributed by atoms with Crippen molar-refractivity contribution in [1.82, 2.24) is 15.8 Å². The van der Waals surface area contributed by atoms with E-state index in [0.717, 1.165) is 16.3 Å². The summed E-state index contributed by atoms with van der Waals surface area (Å²) in [7, 11) is 0. The number of rotatable bonds is 4. The Kier molecular flexibility index (Phi) is 3.93. The minimum Gasteiger partial charge on any atom is -0.507 e. The van der Waals surface area contributed by atoms with E-state index in [9.17, 15) is 9.90 Å². The number of phenols is 1. The van der Waals surface area contributed by atoms with Gasteiger partial charge in [-0.1, -0.05) is 30.8 Å². The van der Waals surface area contributed by atoms with Gasteiger partial charge in [0.25, 0.3) is 5.91 Å². The van der Waals surface area contributed by atoms with E-state index in [4.69, 9.17) is 0 Å². The van der Waals surface area contributed by atoms with Gasteiger partial charge in [-0.2, -0.15) is 0 Å². The van der Waals surface area contributed by atoms with Crippen LogP contribution in [-0.4, -0.2) is 16.0 Å². The van der Waals surface area contributed by atoms with Gasteiger partial charge in [-0.25, -0.2) is 0 Å². The standard InChI is InChI=1S/C18H15N3O2/c1-12(13-6-8-19-9-7-13)20-21-18(23)16-10-14-4-2-3-5-15(14)11-17(16)22/h2-11,20,22H,1H2,(H,21,23). The maximum atomic E-state index is 12.3. The molecule has 1 amide bonds. The maximum absolute atomic E-state index is 12.3. The number of fused-ring (bicyclic) bond motifs is 1. The second-order valence-corrected chi connectivity index (χ2v) is 5.01. The number of phenolic OH excluding ortho intramolecular Hbond substituents is 1. The van der Waals surface area contributed by atoms with E-state index in [0.29, 0.717) is 5.70 Å². The number of pyridine rings is 1. The van der Waals surface area contributed by atoms with Crippen LogP contribution in [0.15, 0.2) is 67.5 Å². The third-order valence-corrected chi connectivity index (χ3v) is 3.46. The first kappa shape index (κ1) is 14.6. The molecule has 0 aliphatic rings. The zero-order valence-corrected chi connectivity index (χ0v) is 12.3. The lowest BCUT2D eigenvalue weighted by molar-refractivity contribution is 0.0940. The molecule has 0 saturated heterocycles. The van der Waals surface area contributed by atoms with Crippen molar-refractivity contribution in [3.05, 3.63) is 78.6 Å². The van der Waals surface area contributed by atoms with Crippen molar-refractivity contribution in [3.63, 3.8) is 0 Å². The van der Waals surface area contributed by atoms with E-state index in [-0.39, 0.29) is 11.3 Å². The monoisotopic (exact) mass is 305 g/mol. The van der Waals surface area contributed by atoms with Crippen molar-refractivity contribution in [1.29, 1.82) is 0 Å². The Morgan fingerprint density at radius 3 is 2.35 bits per heavy atom. The summed E-state index contributed by atoms with van der Waals surface area (Å²) >= 11 is 0. The summed E-state index contributed by atoms with van der Waals surface area (Å²) in [5.41, 5.74) is 6.80. The number of carbonyl (C=O) groups excluding carboxylic acids is 1. The normalized spacial score (nSPS) is 10.3. The zero-order chi connectivity index (χ0) is 16.2. The molecule has 0 atom stereocenters. The molecule has 23 heavy (non-hydrogen) atoms. The van der Waals surface area contributed by atoms with Crippen molar-refractivity contribution >= 4 is 22.4 Å². The molecular weight excluding hydrogens is 290 g/mol. The van der Waals surface area contributed by atoms with Crippen molar-refractivity contribution in [2.45, 2.75) is 0 Å². The van der Waals surface area contributed by atoms with Crippen LogP contribution in [0, 0.1) is 0 Å². The molecule has 5 nitrogen and oxygen atoms in total. The molecule has 0 bridgehead atoms. The minimum atomic E-state index is -0.441. The molecule has 0 spiro atoms. The van der Waals surface area contributed by atoms with Crippen LogP contribution in [0.1, 0.15) is 15.9 Å². The number of aromatic hydroxyl groups is 1. The highest BCUT2D eigenvalue weighted by atomic mass is 16.3. The molecule has 5 heteroatoms. The van der Waals surface area contributed by atoms with Gasteiger partial charge in [0.05, 0.1) is 11.3 Å². The van der Waals surface area contributed by atoms with Crippen LogP contribution in [0.2, 0.25) is 0 Å². The Balaban J connectivity index is 1.76. The second kappa shape index (κ2) is 6.19. The third-order valence-electron chi connectivity index (χ3n) is 3.46. The lowest BCUT2D eigenvalue weighted by Gasteiger charge is -2.12. The van der Waals surface area contributed by atoms with Crippen LogP contribution in [-0.2, 0) is 0 Å². The molecule has 1 aromatic heterocycles. The summed E-state index contributed by atoms with van der Waals surface area (Å²) in [6, 6.07) is 14.3.